The van der Waals surface area contributed by atoms with Gasteiger partial charge in [-0.2, -0.15) is 0 Å². The lowest BCUT2D eigenvalue weighted by Crippen LogP contribution is -2.32. The average Bonchev–Trinajstić information content (AvgIpc) is 2.96. The molecule has 0 saturated carbocycles. The van der Waals surface area contributed by atoms with Crippen LogP contribution >= 0.6 is 0 Å². The van der Waals surface area contributed by atoms with Crippen molar-refractivity contribution in [2.75, 3.05) is 0 Å². The van der Waals surface area contributed by atoms with E-state index >= 15 is 0 Å². The van der Waals surface area contributed by atoms with Gasteiger partial charge in [0.25, 0.3) is 5.91 Å². The molecule has 1 aliphatic heterocycles. The molecule has 0 unspecified atom stereocenters. The maximum absolute atomic E-state index is 12.4. The van der Waals surface area contributed by atoms with E-state index < -0.39 is 0 Å². The molecule has 3 nitrogen and oxygen atoms in total. The summed E-state index contributed by atoms with van der Waals surface area (Å²) in [5.74, 6) is -0.350. The summed E-state index contributed by atoms with van der Waals surface area (Å²) in [5, 5.41) is 0. The Kier molecular flexibility index (Phi) is 4.15. The summed E-state index contributed by atoms with van der Waals surface area (Å²) >= 11 is 0. The molecule has 3 heteroatoms. The molecule has 1 saturated heterocycles. The third-order valence-electron chi connectivity index (χ3n) is 3.85. The van der Waals surface area contributed by atoms with Crippen molar-refractivity contribution < 1.29 is 9.59 Å². The molecule has 2 aromatic rings. The van der Waals surface area contributed by atoms with E-state index in [4.69, 9.17) is 0 Å². The number of imide groups is 1. The van der Waals surface area contributed by atoms with E-state index in [0.29, 0.717) is 12.8 Å². The molecule has 1 atom stereocenters. The van der Waals surface area contributed by atoms with Crippen molar-refractivity contribution in [3.8, 4) is 0 Å². The van der Waals surface area contributed by atoms with Crippen LogP contribution in [0.3, 0.4) is 0 Å². The van der Waals surface area contributed by atoms with Crippen molar-refractivity contribution >= 4 is 17.9 Å². The molecule has 110 valence electrons. The van der Waals surface area contributed by atoms with Crippen LogP contribution in [0.15, 0.2) is 66.7 Å². The second-order valence-corrected chi connectivity index (χ2v) is 5.31. The first kappa shape index (κ1) is 14.3. The first-order valence-electron chi connectivity index (χ1n) is 7.40. The largest absolute Gasteiger partial charge is 0.274 e. The fourth-order valence-corrected chi connectivity index (χ4v) is 2.76. The van der Waals surface area contributed by atoms with Gasteiger partial charge in [-0.25, -0.2) is 0 Å². The van der Waals surface area contributed by atoms with Crippen LogP contribution in [-0.2, 0) is 9.59 Å². The lowest BCUT2D eigenvalue weighted by molar-refractivity contribution is -0.140. The zero-order valence-corrected chi connectivity index (χ0v) is 12.2. The quantitative estimate of drug-likeness (QED) is 0.810. The lowest BCUT2D eigenvalue weighted by atomic mass is 10.0. The Hall–Kier alpha value is -2.68. The molecular weight excluding hydrogens is 274 g/mol. The Morgan fingerprint density at radius 1 is 1.00 bits per heavy atom. The van der Waals surface area contributed by atoms with Gasteiger partial charge in [0.1, 0.15) is 0 Å². The van der Waals surface area contributed by atoms with Crippen molar-refractivity contribution in [1.29, 1.82) is 0 Å². The van der Waals surface area contributed by atoms with Gasteiger partial charge in [-0.05, 0) is 23.6 Å². The molecule has 0 bridgehead atoms. The first-order chi connectivity index (χ1) is 10.8. The number of hydrogen-bond acceptors (Lipinski definition) is 2. The van der Waals surface area contributed by atoms with Gasteiger partial charge in [0, 0.05) is 12.5 Å². The molecule has 1 aliphatic rings. The molecule has 0 aromatic heterocycles. The summed E-state index contributed by atoms with van der Waals surface area (Å²) in [5.41, 5.74) is 1.95. The maximum Gasteiger partial charge on any atom is 0.253 e. The van der Waals surface area contributed by atoms with E-state index in [1.807, 2.05) is 60.7 Å². The minimum absolute atomic E-state index is 0.100. The van der Waals surface area contributed by atoms with E-state index in [1.54, 1.807) is 6.08 Å². The minimum atomic E-state index is -0.250. The van der Waals surface area contributed by atoms with E-state index in [9.17, 15) is 9.59 Å². The summed E-state index contributed by atoms with van der Waals surface area (Å²) in [6.07, 6.45) is 4.34. The second kappa shape index (κ2) is 6.39. The van der Waals surface area contributed by atoms with E-state index in [1.165, 1.54) is 11.0 Å². The summed E-state index contributed by atoms with van der Waals surface area (Å²) in [7, 11) is 0. The summed E-state index contributed by atoms with van der Waals surface area (Å²) in [6, 6.07) is 19.2. The number of carbonyl (C=O) groups is 2. The van der Waals surface area contributed by atoms with Crippen LogP contribution < -0.4 is 0 Å². The van der Waals surface area contributed by atoms with Crippen molar-refractivity contribution in [2.45, 2.75) is 18.9 Å². The standard InChI is InChI=1S/C19H17NO2/c21-18(13-11-15-7-3-1-4-8-15)20-17(12-14-19(20)22)16-9-5-2-6-10-16/h1-11,13,17H,12,14H2/b13-11+/t17-/m1/s1. The average molecular weight is 291 g/mol. The van der Waals surface area contributed by atoms with Crippen LogP contribution in [0, 0.1) is 0 Å². The highest BCUT2D eigenvalue weighted by molar-refractivity contribution is 6.04. The normalized spacial score (nSPS) is 18.1. The van der Waals surface area contributed by atoms with Gasteiger partial charge in [0.15, 0.2) is 0 Å². The number of carbonyl (C=O) groups excluding carboxylic acids is 2. The van der Waals surface area contributed by atoms with Crippen LogP contribution in [0.5, 0.6) is 0 Å². The van der Waals surface area contributed by atoms with E-state index in [2.05, 4.69) is 0 Å². The zero-order chi connectivity index (χ0) is 15.4. The summed E-state index contributed by atoms with van der Waals surface area (Å²) in [6.45, 7) is 0. The topological polar surface area (TPSA) is 37.4 Å². The molecule has 0 radical (unpaired) electrons. The number of likely N-dealkylation sites (tertiary alicyclic amines) is 1. The Labute approximate surface area is 129 Å². The highest BCUT2D eigenvalue weighted by Gasteiger charge is 2.35. The predicted molar refractivity (Wildman–Crippen MR) is 85.7 cm³/mol. The number of rotatable bonds is 3. The number of nitrogens with zero attached hydrogens (tertiary/aromatic N) is 1. The van der Waals surface area contributed by atoms with E-state index in [0.717, 1.165) is 11.1 Å². The lowest BCUT2D eigenvalue weighted by Gasteiger charge is -2.22. The third-order valence-corrected chi connectivity index (χ3v) is 3.85. The number of hydrogen-bond donors (Lipinski definition) is 0. The molecule has 2 aromatic carbocycles. The predicted octanol–water partition coefficient (Wildman–Crippen LogP) is 3.59. The van der Waals surface area contributed by atoms with Crippen LogP contribution in [0.2, 0.25) is 0 Å². The Morgan fingerprint density at radius 3 is 2.32 bits per heavy atom. The van der Waals surface area contributed by atoms with Crippen molar-refractivity contribution in [2.24, 2.45) is 0 Å². The highest BCUT2D eigenvalue weighted by Crippen LogP contribution is 2.32. The molecule has 1 heterocycles. The monoisotopic (exact) mass is 291 g/mol. The highest BCUT2D eigenvalue weighted by atomic mass is 16.2. The molecule has 2 amide bonds. The van der Waals surface area contributed by atoms with Gasteiger partial charge < -0.3 is 0 Å². The second-order valence-electron chi connectivity index (χ2n) is 5.31. The number of benzene rings is 2. The fourth-order valence-electron chi connectivity index (χ4n) is 2.76. The first-order valence-corrected chi connectivity index (χ1v) is 7.40. The van der Waals surface area contributed by atoms with E-state index in [-0.39, 0.29) is 17.9 Å². The van der Waals surface area contributed by atoms with Crippen LogP contribution in [0.4, 0.5) is 0 Å². The van der Waals surface area contributed by atoms with Crippen molar-refractivity contribution in [1.82, 2.24) is 4.90 Å². The fraction of sp³-hybridized carbons (Fsp3) is 0.158. The molecule has 0 aliphatic carbocycles. The van der Waals surface area contributed by atoms with Gasteiger partial charge in [-0.15, -0.1) is 0 Å². The molecule has 22 heavy (non-hydrogen) atoms. The van der Waals surface area contributed by atoms with Crippen molar-refractivity contribution in [3.63, 3.8) is 0 Å². The minimum Gasteiger partial charge on any atom is -0.274 e. The third kappa shape index (κ3) is 2.98. The summed E-state index contributed by atoms with van der Waals surface area (Å²) in [4.78, 5) is 25.9. The molecular formula is C19H17NO2. The molecule has 0 N–H and O–H groups in total. The molecule has 3 rings (SSSR count). The van der Waals surface area contributed by atoms with Gasteiger partial charge in [-0.1, -0.05) is 60.7 Å². The van der Waals surface area contributed by atoms with Gasteiger partial charge in [0.05, 0.1) is 6.04 Å². The molecule has 0 spiro atoms. The van der Waals surface area contributed by atoms with Gasteiger partial charge in [0.2, 0.25) is 5.91 Å². The number of amides is 2. The van der Waals surface area contributed by atoms with Crippen molar-refractivity contribution in [3.05, 3.63) is 77.9 Å². The zero-order valence-electron chi connectivity index (χ0n) is 12.2. The van der Waals surface area contributed by atoms with Crippen LogP contribution in [0.25, 0.3) is 6.08 Å². The van der Waals surface area contributed by atoms with Crippen LogP contribution in [0.1, 0.15) is 30.0 Å². The van der Waals surface area contributed by atoms with Gasteiger partial charge in [-0.3, -0.25) is 14.5 Å². The Morgan fingerprint density at radius 2 is 1.64 bits per heavy atom. The van der Waals surface area contributed by atoms with Crippen LogP contribution in [-0.4, -0.2) is 16.7 Å². The Balaban J connectivity index is 1.80. The van der Waals surface area contributed by atoms with Gasteiger partial charge >= 0.3 is 0 Å². The smallest absolute Gasteiger partial charge is 0.253 e. The molecule has 1 fully saturated rings. The summed E-state index contributed by atoms with van der Waals surface area (Å²) < 4.78 is 0. The SMILES string of the molecule is O=C(/C=C/c1ccccc1)N1C(=O)CC[C@@H]1c1ccccc1. The Bertz CT molecular complexity index is 692. The maximum atomic E-state index is 12.4.